The van der Waals surface area contributed by atoms with Crippen molar-refractivity contribution in [2.75, 3.05) is 6.54 Å². The van der Waals surface area contributed by atoms with Gasteiger partial charge in [-0.05, 0) is 18.1 Å². The molecular weight excluding hydrogens is 195 g/mol. The molecule has 0 aliphatic heterocycles. The second-order valence-corrected chi connectivity index (χ2v) is 2.70. The largest absolute Gasteiger partial charge is 0.271 e. The first kappa shape index (κ1) is 11.7. The minimum Gasteiger partial charge on any atom is -0.271 e. The summed E-state index contributed by atoms with van der Waals surface area (Å²) in [7, 11) is 0. The van der Waals surface area contributed by atoms with Crippen molar-refractivity contribution < 1.29 is 0 Å². The third-order valence-corrected chi connectivity index (χ3v) is 1.87. The van der Waals surface area contributed by atoms with Gasteiger partial charge in [0.15, 0.2) is 0 Å². The Labute approximate surface area is 83.5 Å². The minimum absolute atomic E-state index is 0. The van der Waals surface area contributed by atoms with E-state index in [4.69, 9.17) is 17.4 Å². The van der Waals surface area contributed by atoms with Gasteiger partial charge in [0.2, 0.25) is 0 Å². The molecule has 0 bridgehead atoms. The Hall–Kier alpha value is -0.280. The molecule has 12 heavy (non-hydrogen) atoms. The van der Waals surface area contributed by atoms with Gasteiger partial charge in [0.05, 0.1) is 0 Å². The van der Waals surface area contributed by atoms with Gasteiger partial charge in [0.25, 0.3) is 0 Å². The Morgan fingerprint density at radius 3 is 2.58 bits per heavy atom. The van der Waals surface area contributed by atoms with Crippen molar-refractivity contribution in [3.63, 3.8) is 0 Å². The highest BCUT2D eigenvalue weighted by Gasteiger charge is 1.95. The van der Waals surface area contributed by atoms with E-state index >= 15 is 0 Å². The standard InChI is InChI=1S/C8H11ClN2.ClH/c9-8-4-2-1-3-7(8)5-6-11-10;/h1-4,11H,5-6,10H2;1H. The molecule has 1 aromatic carbocycles. The zero-order valence-corrected chi connectivity index (χ0v) is 8.16. The van der Waals surface area contributed by atoms with E-state index in [1.165, 1.54) is 0 Å². The van der Waals surface area contributed by atoms with E-state index in [1.807, 2.05) is 24.3 Å². The van der Waals surface area contributed by atoms with E-state index in [9.17, 15) is 0 Å². The fourth-order valence-corrected chi connectivity index (χ4v) is 1.14. The van der Waals surface area contributed by atoms with Crippen molar-refractivity contribution in [1.82, 2.24) is 5.43 Å². The maximum absolute atomic E-state index is 5.89. The van der Waals surface area contributed by atoms with E-state index in [1.54, 1.807) is 0 Å². The maximum atomic E-state index is 5.89. The maximum Gasteiger partial charge on any atom is 0.0438 e. The molecule has 0 saturated heterocycles. The van der Waals surface area contributed by atoms with Gasteiger partial charge in [0, 0.05) is 11.6 Å². The lowest BCUT2D eigenvalue weighted by molar-refractivity contribution is 0.728. The highest BCUT2D eigenvalue weighted by atomic mass is 35.5. The Morgan fingerprint density at radius 1 is 1.33 bits per heavy atom. The van der Waals surface area contributed by atoms with E-state index < -0.39 is 0 Å². The molecule has 0 aliphatic rings. The van der Waals surface area contributed by atoms with E-state index in [0.29, 0.717) is 0 Å². The first-order valence-electron chi connectivity index (χ1n) is 3.51. The molecule has 0 atom stereocenters. The first-order valence-corrected chi connectivity index (χ1v) is 3.89. The van der Waals surface area contributed by atoms with Gasteiger partial charge in [-0.1, -0.05) is 29.8 Å². The van der Waals surface area contributed by atoms with Crippen molar-refractivity contribution in [2.45, 2.75) is 6.42 Å². The number of rotatable bonds is 3. The zero-order chi connectivity index (χ0) is 8.10. The van der Waals surface area contributed by atoms with Crippen LogP contribution < -0.4 is 11.3 Å². The summed E-state index contributed by atoms with van der Waals surface area (Å²) in [5.74, 6) is 5.13. The van der Waals surface area contributed by atoms with Crippen molar-refractivity contribution in [1.29, 1.82) is 0 Å². The summed E-state index contributed by atoms with van der Waals surface area (Å²) in [6.07, 6.45) is 0.871. The molecule has 0 aromatic heterocycles. The Balaban J connectivity index is 0.00000121. The second kappa shape index (κ2) is 6.26. The fraction of sp³-hybridized carbons (Fsp3) is 0.250. The van der Waals surface area contributed by atoms with Crippen LogP contribution in [-0.4, -0.2) is 6.54 Å². The van der Waals surface area contributed by atoms with Crippen LogP contribution in [0, 0.1) is 0 Å². The lowest BCUT2D eigenvalue weighted by atomic mass is 10.1. The van der Waals surface area contributed by atoms with Crippen molar-refractivity contribution in [3.8, 4) is 0 Å². The second-order valence-electron chi connectivity index (χ2n) is 2.30. The van der Waals surface area contributed by atoms with Crippen molar-refractivity contribution in [2.24, 2.45) is 5.84 Å². The fourth-order valence-electron chi connectivity index (χ4n) is 0.908. The Bertz CT molecular complexity index is 228. The summed E-state index contributed by atoms with van der Waals surface area (Å²) < 4.78 is 0. The summed E-state index contributed by atoms with van der Waals surface area (Å²) in [5, 5.41) is 0.808. The average molecular weight is 207 g/mol. The number of halogens is 2. The summed E-state index contributed by atoms with van der Waals surface area (Å²) in [6, 6.07) is 7.77. The quantitative estimate of drug-likeness (QED) is 0.585. The smallest absolute Gasteiger partial charge is 0.0438 e. The Kier molecular flexibility index (Phi) is 6.11. The van der Waals surface area contributed by atoms with Crippen molar-refractivity contribution >= 4 is 24.0 Å². The molecule has 0 aliphatic carbocycles. The van der Waals surface area contributed by atoms with Crippen molar-refractivity contribution in [3.05, 3.63) is 34.9 Å². The summed E-state index contributed by atoms with van der Waals surface area (Å²) in [4.78, 5) is 0. The highest BCUT2D eigenvalue weighted by Crippen LogP contribution is 2.14. The van der Waals surface area contributed by atoms with Crippen LogP contribution in [0.2, 0.25) is 5.02 Å². The third kappa shape index (κ3) is 3.41. The normalized spacial score (nSPS) is 9.17. The average Bonchev–Trinajstić information content (AvgIpc) is 2.03. The predicted octanol–water partition coefficient (Wildman–Crippen LogP) is 1.77. The third-order valence-electron chi connectivity index (χ3n) is 1.50. The molecule has 2 nitrogen and oxygen atoms in total. The van der Waals surface area contributed by atoms with Gasteiger partial charge >= 0.3 is 0 Å². The SMILES string of the molecule is Cl.NNCCc1ccccc1Cl. The number of benzene rings is 1. The van der Waals surface area contributed by atoms with Gasteiger partial charge < -0.3 is 0 Å². The molecule has 0 heterocycles. The molecule has 0 radical (unpaired) electrons. The van der Waals surface area contributed by atoms with Crippen LogP contribution in [0.4, 0.5) is 0 Å². The molecule has 4 heteroatoms. The monoisotopic (exact) mass is 206 g/mol. The lowest BCUT2D eigenvalue weighted by Gasteiger charge is -2.01. The van der Waals surface area contributed by atoms with Crippen LogP contribution >= 0.6 is 24.0 Å². The van der Waals surface area contributed by atoms with E-state index in [0.717, 1.165) is 23.6 Å². The number of nitrogens with one attached hydrogen (secondary N) is 1. The van der Waals surface area contributed by atoms with Gasteiger partial charge in [-0.2, -0.15) is 0 Å². The molecule has 0 saturated carbocycles. The molecule has 0 unspecified atom stereocenters. The van der Waals surface area contributed by atoms with E-state index in [2.05, 4.69) is 5.43 Å². The van der Waals surface area contributed by atoms with Crippen LogP contribution in [0.3, 0.4) is 0 Å². The van der Waals surface area contributed by atoms with Crippen LogP contribution in [0.1, 0.15) is 5.56 Å². The van der Waals surface area contributed by atoms with Crippen LogP contribution in [-0.2, 0) is 6.42 Å². The first-order chi connectivity index (χ1) is 5.34. The highest BCUT2D eigenvalue weighted by molar-refractivity contribution is 6.31. The van der Waals surface area contributed by atoms with Crippen LogP contribution in [0.15, 0.2) is 24.3 Å². The lowest BCUT2D eigenvalue weighted by Crippen LogP contribution is -2.24. The number of hydrogen-bond acceptors (Lipinski definition) is 2. The molecule has 0 fully saturated rings. The molecular formula is C8H12Cl2N2. The van der Waals surface area contributed by atoms with Crippen LogP contribution in [0.25, 0.3) is 0 Å². The van der Waals surface area contributed by atoms with E-state index in [-0.39, 0.29) is 12.4 Å². The summed E-state index contributed by atoms with van der Waals surface area (Å²) >= 11 is 5.89. The minimum atomic E-state index is 0. The predicted molar refractivity (Wildman–Crippen MR) is 54.6 cm³/mol. The molecule has 0 spiro atoms. The molecule has 1 rings (SSSR count). The van der Waals surface area contributed by atoms with Gasteiger partial charge in [-0.15, -0.1) is 12.4 Å². The van der Waals surface area contributed by atoms with Crippen LogP contribution in [0.5, 0.6) is 0 Å². The zero-order valence-electron chi connectivity index (χ0n) is 6.59. The summed E-state index contributed by atoms with van der Waals surface area (Å²) in [6.45, 7) is 0.754. The molecule has 1 aromatic rings. The van der Waals surface area contributed by atoms with Gasteiger partial charge in [-0.25, -0.2) is 0 Å². The summed E-state index contributed by atoms with van der Waals surface area (Å²) in [5.41, 5.74) is 3.72. The molecule has 0 amide bonds. The van der Waals surface area contributed by atoms with Gasteiger partial charge in [0.1, 0.15) is 0 Å². The number of nitrogens with two attached hydrogens (primary N) is 1. The number of hydrogen-bond donors (Lipinski definition) is 2. The number of hydrazine groups is 1. The molecule has 68 valence electrons. The Morgan fingerprint density at radius 2 is 2.00 bits per heavy atom. The van der Waals surface area contributed by atoms with Gasteiger partial charge in [-0.3, -0.25) is 11.3 Å². The topological polar surface area (TPSA) is 38.0 Å². The molecule has 3 N–H and O–H groups in total.